The summed E-state index contributed by atoms with van der Waals surface area (Å²) in [5.74, 6) is 0.607. The molecule has 1 aromatic rings. The first-order chi connectivity index (χ1) is 7.20. The van der Waals surface area contributed by atoms with Gasteiger partial charge < -0.3 is 10.6 Å². The predicted molar refractivity (Wildman–Crippen MR) is 61.6 cm³/mol. The Morgan fingerprint density at radius 3 is 3.00 bits per heavy atom. The van der Waals surface area contributed by atoms with Gasteiger partial charge in [-0.25, -0.2) is 0 Å². The number of likely N-dealkylation sites (tertiary alicyclic amines) is 1. The maximum atomic E-state index is 11.7. The van der Waals surface area contributed by atoms with Crippen molar-refractivity contribution in [3.8, 4) is 0 Å². The van der Waals surface area contributed by atoms with E-state index >= 15 is 0 Å². The van der Waals surface area contributed by atoms with E-state index in [1.165, 1.54) is 10.4 Å². The minimum absolute atomic E-state index is 0.248. The van der Waals surface area contributed by atoms with E-state index in [1.54, 1.807) is 11.3 Å². The highest BCUT2D eigenvalue weighted by Gasteiger charge is 2.28. The van der Waals surface area contributed by atoms with Crippen molar-refractivity contribution in [3.05, 3.63) is 21.9 Å². The molecule has 82 valence electrons. The molecule has 0 bridgehead atoms. The zero-order valence-electron chi connectivity index (χ0n) is 8.90. The lowest BCUT2D eigenvalue weighted by molar-refractivity contribution is -0.128. The summed E-state index contributed by atoms with van der Waals surface area (Å²) in [6.45, 7) is 4.30. The van der Waals surface area contributed by atoms with Crippen LogP contribution in [0.2, 0.25) is 0 Å². The van der Waals surface area contributed by atoms with Gasteiger partial charge in [0.1, 0.15) is 0 Å². The van der Waals surface area contributed by atoms with Crippen molar-refractivity contribution in [1.82, 2.24) is 4.90 Å². The fraction of sp³-hybridized carbons (Fsp3) is 0.545. The van der Waals surface area contributed by atoms with Crippen LogP contribution in [0.1, 0.15) is 16.9 Å². The average Bonchev–Trinajstić information content (AvgIpc) is 2.76. The van der Waals surface area contributed by atoms with Crippen molar-refractivity contribution in [1.29, 1.82) is 0 Å². The highest BCUT2D eigenvalue weighted by Crippen LogP contribution is 2.23. The van der Waals surface area contributed by atoms with E-state index in [1.807, 2.05) is 4.90 Å². The number of nitrogens with zero attached hydrogens (tertiary/aromatic N) is 1. The second-order valence-electron chi connectivity index (χ2n) is 4.11. The summed E-state index contributed by atoms with van der Waals surface area (Å²) in [6.07, 6.45) is 0.626. The Bertz CT molecular complexity index is 361. The van der Waals surface area contributed by atoms with Gasteiger partial charge in [-0.15, -0.1) is 11.3 Å². The maximum Gasteiger partial charge on any atom is 0.223 e. The fourth-order valence-electron chi connectivity index (χ4n) is 1.90. The van der Waals surface area contributed by atoms with Crippen molar-refractivity contribution in [2.45, 2.75) is 19.9 Å². The van der Waals surface area contributed by atoms with Gasteiger partial charge in [-0.3, -0.25) is 4.79 Å². The topological polar surface area (TPSA) is 46.3 Å². The Balaban J connectivity index is 2.01. The second kappa shape index (κ2) is 4.33. The highest BCUT2D eigenvalue weighted by molar-refractivity contribution is 7.10. The van der Waals surface area contributed by atoms with Crippen molar-refractivity contribution < 1.29 is 4.79 Å². The van der Waals surface area contributed by atoms with Gasteiger partial charge in [-0.05, 0) is 36.4 Å². The zero-order chi connectivity index (χ0) is 10.8. The highest BCUT2D eigenvalue weighted by atomic mass is 32.1. The molecule has 0 aliphatic carbocycles. The first kappa shape index (κ1) is 10.6. The molecule has 2 heterocycles. The van der Waals surface area contributed by atoms with Gasteiger partial charge >= 0.3 is 0 Å². The lowest BCUT2D eigenvalue weighted by Gasteiger charge is -2.15. The lowest BCUT2D eigenvalue weighted by Crippen LogP contribution is -2.25. The van der Waals surface area contributed by atoms with E-state index in [4.69, 9.17) is 5.73 Å². The van der Waals surface area contributed by atoms with Gasteiger partial charge in [0.25, 0.3) is 0 Å². The molecular weight excluding hydrogens is 208 g/mol. The van der Waals surface area contributed by atoms with Crippen molar-refractivity contribution >= 4 is 17.2 Å². The number of nitrogens with two attached hydrogens (primary N) is 1. The molecule has 0 aromatic carbocycles. The Kier molecular flexibility index (Phi) is 3.07. The minimum Gasteiger partial charge on any atom is -0.337 e. The van der Waals surface area contributed by atoms with Crippen LogP contribution in [0.4, 0.5) is 0 Å². The standard InChI is InChI=1S/C11H16N2OS/c1-8-2-3-15-10(8)7-13-6-9(5-12)4-11(13)14/h2-3,9H,4-7,12H2,1H3. The summed E-state index contributed by atoms with van der Waals surface area (Å²) in [7, 11) is 0. The molecule has 1 saturated heterocycles. The number of rotatable bonds is 3. The lowest BCUT2D eigenvalue weighted by atomic mass is 10.1. The van der Waals surface area contributed by atoms with Crippen molar-refractivity contribution in [2.24, 2.45) is 11.7 Å². The first-order valence-electron chi connectivity index (χ1n) is 5.21. The molecule has 1 fully saturated rings. The van der Waals surface area contributed by atoms with Gasteiger partial charge in [0.05, 0.1) is 6.54 Å². The number of thiophene rings is 1. The van der Waals surface area contributed by atoms with E-state index in [2.05, 4.69) is 18.4 Å². The van der Waals surface area contributed by atoms with Crippen LogP contribution in [-0.4, -0.2) is 23.9 Å². The van der Waals surface area contributed by atoms with E-state index in [9.17, 15) is 4.79 Å². The molecular formula is C11H16N2OS. The number of aryl methyl sites for hydroxylation is 1. The third-order valence-corrected chi connectivity index (χ3v) is 3.94. The number of carbonyl (C=O) groups is 1. The largest absolute Gasteiger partial charge is 0.337 e. The van der Waals surface area contributed by atoms with Crippen LogP contribution >= 0.6 is 11.3 Å². The van der Waals surface area contributed by atoms with Gasteiger partial charge in [-0.1, -0.05) is 0 Å². The Morgan fingerprint density at radius 1 is 1.67 bits per heavy atom. The number of hydrogen-bond acceptors (Lipinski definition) is 3. The predicted octanol–water partition coefficient (Wildman–Crippen LogP) is 1.36. The van der Waals surface area contributed by atoms with Crippen LogP contribution in [0, 0.1) is 12.8 Å². The zero-order valence-corrected chi connectivity index (χ0v) is 9.72. The Hall–Kier alpha value is -0.870. The molecule has 3 nitrogen and oxygen atoms in total. The molecule has 1 atom stereocenters. The molecule has 1 aromatic heterocycles. The second-order valence-corrected chi connectivity index (χ2v) is 5.11. The molecule has 1 amide bonds. The Morgan fingerprint density at radius 2 is 2.47 bits per heavy atom. The van der Waals surface area contributed by atoms with Crippen LogP contribution in [-0.2, 0) is 11.3 Å². The normalized spacial score (nSPS) is 21.3. The average molecular weight is 224 g/mol. The Labute approximate surface area is 93.9 Å². The third kappa shape index (κ3) is 2.21. The third-order valence-electron chi connectivity index (χ3n) is 2.93. The van der Waals surface area contributed by atoms with E-state index in [0.717, 1.165) is 13.1 Å². The summed E-state index contributed by atoms with van der Waals surface area (Å²) < 4.78 is 0. The molecule has 1 aliphatic heterocycles. The SMILES string of the molecule is Cc1ccsc1CN1CC(CN)CC1=O. The summed E-state index contributed by atoms with van der Waals surface area (Å²) in [6, 6.07) is 2.10. The molecule has 0 saturated carbocycles. The summed E-state index contributed by atoms with van der Waals surface area (Å²) in [5, 5.41) is 2.08. The number of carbonyl (C=O) groups excluding carboxylic acids is 1. The van der Waals surface area contributed by atoms with Crippen LogP contribution in [0.25, 0.3) is 0 Å². The monoisotopic (exact) mass is 224 g/mol. The van der Waals surface area contributed by atoms with E-state index in [-0.39, 0.29) is 5.91 Å². The quantitative estimate of drug-likeness (QED) is 0.842. The van der Waals surface area contributed by atoms with E-state index in [0.29, 0.717) is 18.9 Å². The summed E-state index contributed by atoms with van der Waals surface area (Å²) in [5.41, 5.74) is 6.87. The van der Waals surface area contributed by atoms with Crippen molar-refractivity contribution in [2.75, 3.05) is 13.1 Å². The van der Waals surface area contributed by atoms with Gasteiger partial charge in [0.15, 0.2) is 0 Å². The van der Waals surface area contributed by atoms with Crippen LogP contribution in [0.5, 0.6) is 0 Å². The molecule has 2 N–H and O–H groups in total. The van der Waals surface area contributed by atoms with Gasteiger partial charge in [0, 0.05) is 17.8 Å². The first-order valence-corrected chi connectivity index (χ1v) is 6.09. The van der Waals surface area contributed by atoms with Crippen molar-refractivity contribution in [3.63, 3.8) is 0 Å². The smallest absolute Gasteiger partial charge is 0.223 e. The number of hydrogen-bond donors (Lipinski definition) is 1. The summed E-state index contributed by atoms with van der Waals surface area (Å²) in [4.78, 5) is 14.9. The van der Waals surface area contributed by atoms with E-state index < -0.39 is 0 Å². The minimum atomic E-state index is 0.248. The molecule has 15 heavy (non-hydrogen) atoms. The van der Waals surface area contributed by atoms with Gasteiger partial charge in [0.2, 0.25) is 5.91 Å². The fourth-order valence-corrected chi connectivity index (χ4v) is 2.82. The van der Waals surface area contributed by atoms with Crippen LogP contribution in [0.15, 0.2) is 11.4 Å². The maximum absolute atomic E-state index is 11.7. The van der Waals surface area contributed by atoms with Crippen LogP contribution in [0.3, 0.4) is 0 Å². The molecule has 1 unspecified atom stereocenters. The summed E-state index contributed by atoms with van der Waals surface area (Å²) >= 11 is 1.72. The molecule has 4 heteroatoms. The molecule has 0 spiro atoms. The molecule has 2 rings (SSSR count). The van der Waals surface area contributed by atoms with Gasteiger partial charge in [-0.2, -0.15) is 0 Å². The van der Waals surface area contributed by atoms with Crippen LogP contribution < -0.4 is 5.73 Å². The molecule has 1 aliphatic rings. The number of amides is 1. The molecule has 0 radical (unpaired) electrons.